The number of hydrogen-bond donors (Lipinski definition) is 2. The van der Waals surface area contributed by atoms with Crippen LogP contribution in [-0.2, 0) is 6.42 Å². The smallest absolute Gasteiger partial charge is 0.256 e. The van der Waals surface area contributed by atoms with Gasteiger partial charge in [0.1, 0.15) is 5.82 Å². The number of halogens is 2. The number of nitrogens with zero attached hydrogens (tertiary/aromatic N) is 1. The largest absolute Gasteiger partial charge is 0.322 e. The van der Waals surface area contributed by atoms with Crippen molar-refractivity contribution in [2.75, 3.05) is 5.32 Å². The van der Waals surface area contributed by atoms with Gasteiger partial charge in [0.15, 0.2) is 0 Å². The molecule has 0 spiro atoms. The first kappa shape index (κ1) is 18.4. The molecule has 0 saturated carbocycles. The van der Waals surface area contributed by atoms with Crippen LogP contribution in [0.25, 0.3) is 11.4 Å². The molecule has 2 aromatic carbocycles. The predicted octanol–water partition coefficient (Wildman–Crippen LogP) is 4.67. The van der Waals surface area contributed by atoms with E-state index in [2.05, 4.69) is 31.2 Å². The summed E-state index contributed by atoms with van der Waals surface area (Å²) in [5.74, 6) is 0.176. The molecular formula is C19H15BrClN3O2. The number of carbonyl (C=O) groups is 1. The van der Waals surface area contributed by atoms with Crippen LogP contribution >= 0.6 is 27.5 Å². The van der Waals surface area contributed by atoms with Crippen LogP contribution in [0.4, 0.5) is 5.69 Å². The SMILES string of the molecule is CCc1cc(=O)[nH]c(-c2cccc(NC(=O)c3cc(Cl)ccc3Br)c2)n1. The third kappa shape index (κ3) is 4.20. The second kappa shape index (κ2) is 7.85. The summed E-state index contributed by atoms with van der Waals surface area (Å²) < 4.78 is 0.650. The van der Waals surface area contributed by atoms with Crippen LogP contribution in [0.15, 0.2) is 57.8 Å². The summed E-state index contributed by atoms with van der Waals surface area (Å²) in [5.41, 5.74) is 2.23. The molecule has 2 N–H and O–H groups in total. The third-order valence-corrected chi connectivity index (χ3v) is 4.65. The lowest BCUT2D eigenvalue weighted by atomic mass is 10.1. The number of H-pyrrole nitrogens is 1. The second-order valence-corrected chi connectivity index (χ2v) is 6.89. The Labute approximate surface area is 163 Å². The van der Waals surface area contributed by atoms with Gasteiger partial charge in [-0.2, -0.15) is 0 Å². The number of nitrogens with one attached hydrogen (secondary N) is 2. The van der Waals surface area contributed by atoms with E-state index in [0.717, 1.165) is 0 Å². The zero-order valence-electron chi connectivity index (χ0n) is 13.8. The van der Waals surface area contributed by atoms with E-state index in [1.807, 2.05) is 13.0 Å². The van der Waals surface area contributed by atoms with Gasteiger partial charge in [0.2, 0.25) is 0 Å². The van der Waals surface area contributed by atoms with Crippen molar-refractivity contribution < 1.29 is 4.79 Å². The number of aromatic nitrogens is 2. The lowest BCUT2D eigenvalue weighted by Crippen LogP contribution is -2.13. The maximum atomic E-state index is 12.5. The van der Waals surface area contributed by atoms with E-state index >= 15 is 0 Å². The fourth-order valence-corrected chi connectivity index (χ4v) is 3.04. The van der Waals surface area contributed by atoms with Gasteiger partial charge < -0.3 is 10.3 Å². The topological polar surface area (TPSA) is 74.8 Å². The summed E-state index contributed by atoms with van der Waals surface area (Å²) in [6, 6.07) is 13.6. The number of rotatable bonds is 4. The van der Waals surface area contributed by atoms with Crippen molar-refractivity contribution in [3.63, 3.8) is 0 Å². The normalized spacial score (nSPS) is 10.6. The summed E-state index contributed by atoms with van der Waals surface area (Å²) in [6.45, 7) is 1.94. The third-order valence-electron chi connectivity index (χ3n) is 3.72. The van der Waals surface area contributed by atoms with E-state index in [4.69, 9.17) is 11.6 Å². The van der Waals surface area contributed by atoms with Gasteiger partial charge in [-0.05, 0) is 52.7 Å². The van der Waals surface area contributed by atoms with Crippen LogP contribution in [0.1, 0.15) is 23.0 Å². The highest BCUT2D eigenvalue weighted by molar-refractivity contribution is 9.10. The van der Waals surface area contributed by atoms with Crippen LogP contribution in [0.2, 0.25) is 5.02 Å². The van der Waals surface area contributed by atoms with Gasteiger partial charge in [-0.15, -0.1) is 0 Å². The van der Waals surface area contributed by atoms with Gasteiger partial charge in [-0.1, -0.05) is 30.7 Å². The average molecular weight is 433 g/mol. The van der Waals surface area contributed by atoms with Crippen molar-refractivity contribution in [1.29, 1.82) is 0 Å². The maximum Gasteiger partial charge on any atom is 0.256 e. The molecule has 0 atom stereocenters. The Morgan fingerprint density at radius 2 is 2.04 bits per heavy atom. The van der Waals surface area contributed by atoms with Crippen molar-refractivity contribution >= 4 is 39.1 Å². The Balaban J connectivity index is 1.90. The van der Waals surface area contributed by atoms with Gasteiger partial charge >= 0.3 is 0 Å². The van der Waals surface area contributed by atoms with Crippen LogP contribution in [0, 0.1) is 0 Å². The Morgan fingerprint density at radius 3 is 2.81 bits per heavy atom. The lowest BCUT2D eigenvalue weighted by Gasteiger charge is -2.09. The molecule has 26 heavy (non-hydrogen) atoms. The number of hydrogen-bond acceptors (Lipinski definition) is 3. The van der Waals surface area contributed by atoms with Crippen LogP contribution in [0.3, 0.4) is 0 Å². The second-order valence-electron chi connectivity index (χ2n) is 5.60. The minimum atomic E-state index is -0.291. The molecule has 0 radical (unpaired) electrons. The van der Waals surface area contributed by atoms with Crippen LogP contribution in [0.5, 0.6) is 0 Å². The first-order valence-electron chi connectivity index (χ1n) is 7.93. The Kier molecular flexibility index (Phi) is 5.54. The van der Waals surface area contributed by atoms with Crippen molar-refractivity contribution in [3.05, 3.63) is 79.6 Å². The molecule has 1 heterocycles. The Bertz CT molecular complexity index is 1030. The Morgan fingerprint density at radius 1 is 1.23 bits per heavy atom. The Hall–Kier alpha value is -2.44. The summed E-state index contributed by atoms with van der Waals surface area (Å²) in [6.07, 6.45) is 0.663. The molecule has 1 amide bonds. The number of anilines is 1. The summed E-state index contributed by atoms with van der Waals surface area (Å²) >= 11 is 9.32. The number of aromatic amines is 1. The fraction of sp³-hybridized carbons (Fsp3) is 0.105. The zero-order valence-corrected chi connectivity index (χ0v) is 16.2. The van der Waals surface area contributed by atoms with E-state index in [-0.39, 0.29) is 11.5 Å². The average Bonchev–Trinajstić information content (AvgIpc) is 2.63. The first-order chi connectivity index (χ1) is 12.5. The minimum absolute atomic E-state index is 0.204. The lowest BCUT2D eigenvalue weighted by molar-refractivity contribution is 0.102. The predicted molar refractivity (Wildman–Crippen MR) is 107 cm³/mol. The van der Waals surface area contributed by atoms with Crippen LogP contribution in [-0.4, -0.2) is 15.9 Å². The highest BCUT2D eigenvalue weighted by Crippen LogP contribution is 2.24. The van der Waals surface area contributed by atoms with E-state index in [9.17, 15) is 9.59 Å². The summed E-state index contributed by atoms with van der Waals surface area (Å²) in [7, 11) is 0. The van der Waals surface area contributed by atoms with Gasteiger partial charge in [-0.25, -0.2) is 4.98 Å². The summed E-state index contributed by atoms with van der Waals surface area (Å²) in [5, 5.41) is 3.31. The molecule has 1 aromatic heterocycles. The van der Waals surface area contributed by atoms with Gasteiger partial charge in [0, 0.05) is 32.5 Å². The highest BCUT2D eigenvalue weighted by atomic mass is 79.9. The molecule has 0 fully saturated rings. The molecule has 0 aliphatic rings. The summed E-state index contributed by atoms with van der Waals surface area (Å²) in [4.78, 5) is 31.4. The van der Waals surface area contributed by atoms with Crippen molar-refractivity contribution in [1.82, 2.24) is 9.97 Å². The molecule has 0 unspecified atom stereocenters. The number of benzene rings is 2. The van der Waals surface area contributed by atoms with Crippen molar-refractivity contribution in [2.45, 2.75) is 13.3 Å². The molecule has 0 aliphatic carbocycles. The molecule has 0 bridgehead atoms. The number of amides is 1. The fourth-order valence-electron chi connectivity index (χ4n) is 2.44. The van der Waals surface area contributed by atoms with Crippen LogP contribution < -0.4 is 10.9 Å². The van der Waals surface area contributed by atoms with Crippen molar-refractivity contribution in [2.24, 2.45) is 0 Å². The quantitative estimate of drug-likeness (QED) is 0.629. The molecule has 3 rings (SSSR count). The van der Waals surface area contributed by atoms with E-state index in [1.165, 1.54) is 6.07 Å². The maximum absolute atomic E-state index is 12.5. The molecule has 7 heteroatoms. The molecule has 132 valence electrons. The van der Waals surface area contributed by atoms with Gasteiger partial charge in [0.25, 0.3) is 11.5 Å². The zero-order chi connectivity index (χ0) is 18.7. The highest BCUT2D eigenvalue weighted by Gasteiger charge is 2.12. The molecule has 0 aliphatic heterocycles. The molecule has 0 saturated heterocycles. The molecular weight excluding hydrogens is 418 g/mol. The standard InChI is InChI=1S/C19H15BrClN3O2/c1-2-13-10-17(25)24-18(22-13)11-4-3-5-14(8-11)23-19(26)15-9-12(21)6-7-16(15)20/h3-10H,2H2,1H3,(H,23,26)(H,22,24,25). The van der Waals surface area contributed by atoms with E-state index < -0.39 is 0 Å². The molecule has 5 nitrogen and oxygen atoms in total. The minimum Gasteiger partial charge on any atom is -0.322 e. The van der Waals surface area contributed by atoms with Gasteiger partial charge in [-0.3, -0.25) is 9.59 Å². The first-order valence-corrected chi connectivity index (χ1v) is 9.10. The number of aryl methyl sites for hydroxylation is 1. The molecule has 3 aromatic rings. The van der Waals surface area contributed by atoms with Gasteiger partial charge in [0.05, 0.1) is 5.56 Å². The van der Waals surface area contributed by atoms with E-state index in [1.54, 1.807) is 36.4 Å². The van der Waals surface area contributed by atoms with E-state index in [0.29, 0.717) is 44.2 Å². The monoisotopic (exact) mass is 431 g/mol. The number of carbonyl (C=O) groups excluding carboxylic acids is 1. The van der Waals surface area contributed by atoms with Crippen molar-refractivity contribution in [3.8, 4) is 11.4 Å².